The fourth-order valence-corrected chi connectivity index (χ4v) is 6.34. The summed E-state index contributed by atoms with van der Waals surface area (Å²) >= 11 is 0. The van der Waals surface area contributed by atoms with Crippen LogP contribution in [0.2, 0.25) is 0 Å². The highest BCUT2D eigenvalue weighted by Crippen LogP contribution is 2.61. The molecule has 2 nitrogen and oxygen atoms in total. The second kappa shape index (κ2) is 6.20. The molecule has 1 aromatic carbocycles. The number of hydrogen-bond donors (Lipinski definition) is 1. The molecule has 0 spiro atoms. The first-order valence-electron chi connectivity index (χ1n) is 9.88. The van der Waals surface area contributed by atoms with Crippen molar-refractivity contribution < 1.29 is 4.79 Å². The average molecular weight is 325 g/mol. The van der Waals surface area contributed by atoms with Gasteiger partial charge in [-0.2, -0.15) is 0 Å². The van der Waals surface area contributed by atoms with E-state index in [4.69, 9.17) is 0 Å². The summed E-state index contributed by atoms with van der Waals surface area (Å²) in [6.07, 6.45) is 9.06. The van der Waals surface area contributed by atoms with Gasteiger partial charge in [0.15, 0.2) is 0 Å². The van der Waals surface area contributed by atoms with Crippen LogP contribution in [-0.2, 0) is 4.79 Å². The third-order valence-electron chi connectivity index (χ3n) is 7.24. The maximum Gasteiger partial charge on any atom is 0.220 e. The summed E-state index contributed by atoms with van der Waals surface area (Å²) in [6, 6.07) is 10.7. The lowest BCUT2D eigenvalue weighted by molar-refractivity contribution is -0.126. The van der Waals surface area contributed by atoms with Crippen LogP contribution in [0.3, 0.4) is 0 Å². The van der Waals surface area contributed by atoms with Gasteiger partial charge >= 0.3 is 0 Å². The SMILES string of the molecule is C[C@@H](CC(=O)N[C@H](C)C12CC3CC(CC(C3)C1)C2)c1ccccc1. The summed E-state index contributed by atoms with van der Waals surface area (Å²) < 4.78 is 0. The van der Waals surface area contributed by atoms with Crippen LogP contribution >= 0.6 is 0 Å². The van der Waals surface area contributed by atoms with Gasteiger partial charge in [0.05, 0.1) is 0 Å². The maximum atomic E-state index is 12.6. The average Bonchev–Trinajstić information content (AvgIpc) is 2.54. The topological polar surface area (TPSA) is 29.1 Å². The first-order chi connectivity index (χ1) is 11.5. The second-order valence-electron chi connectivity index (χ2n) is 9.08. The zero-order valence-corrected chi connectivity index (χ0v) is 15.1. The van der Waals surface area contributed by atoms with Crippen molar-refractivity contribution in [3.63, 3.8) is 0 Å². The van der Waals surface area contributed by atoms with E-state index >= 15 is 0 Å². The minimum atomic E-state index is 0.231. The van der Waals surface area contributed by atoms with E-state index in [1.807, 2.05) is 6.07 Å². The lowest BCUT2D eigenvalue weighted by Crippen LogP contribution is -2.55. The summed E-state index contributed by atoms with van der Waals surface area (Å²) in [4.78, 5) is 12.6. The van der Waals surface area contributed by atoms with E-state index in [0.717, 1.165) is 17.8 Å². The van der Waals surface area contributed by atoms with Crippen LogP contribution in [-0.4, -0.2) is 11.9 Å². The van der Waals surface area contributed by atoms with Crippen molar-refractivity contribution in [1.82, 2.24) is 5.32 Å². The van der Waals surface area contributed by atoms with Gasteiger partial charge in [0.1, 0.15) is 0 Å². The molecule has 4 fully saturated rings. The lowest BCUT2D eigenvalue weighted by Gasteiger charge is -2.59. The van der Waals surface area contributed by atoms with Crippen LogP contribution in [0.15, 0.2) is 30.3 Å². The minimum absolute atomic E-state index is 0.231. The van der Waals surface area contributed by atoms with E-state index < -0.39 is 0 Å². The van der Waals surface area contributed by atoms with Crippen molar-refractivity contribution in [3.05, 3.63) is 35.9 Å². The monoisotopic (exact) mass is 325 g/mol. The predicted octanol–water partition coefficient (Wildman–Crippen LogP) is 4.90. The van der Waals surface area contributed by atoms with Gasteiger partial charge in [0.2, 0.25) is 5.91 Å². The Kier molecular flexibility index (Phi) is 4.18. The summed E-state index contributed by atoms with van der Waals surface area (Å²) in [7, 11) is 0. The van der Waals surface area contributed by atoms with Crippen molar-refractivity contribution >= 4 is 5.91 Å². The lowest BCUT2D eigenvalue weighted by atomic mass is 9.48. The van der Waals surface area contributed by atoms with Crippen molar-refractivity contribution in [2.75, 3.05) is 0 Å². The number of rotatable bonds is 5. The third-order valence-corrected chi connectivity index (χ3v) is 7.24. The molecule has 24 heavy (non-hydrogen) atoms. The summed E-state index contributed by atoms with van der Waals surface area (Å²) in [5, 5.41) is 3.40. The summed E-state index contributed by atoms with van der Waals surface area (Å²) in [5.74, 6) is 3.35. The van der Waals surface area contributed by atoms with E-state index in [2.05, 4.69) is 43.4 Å². The maximum absolute atomic E-state index is 12.6. The fourth-order valence-electron chi connectivity index (χ4n) is 6.34. The molecule has 1 aromatic rings. The van der Waals surface area contributed by atoms with E-state index in [0.29, 0.717) is 17.9 Å². The number of benzene rings is 1. The Morgan fingerprint density at radius 2 is 1.58 bits per heavy atom. The summed E-state index contributed by atoms with van der Waals surface area (Å²) in [5.41, 5.74) is 1.66. The number of amides is 1. The van der Waals surface area contributed by atoms with Crippen LogP contribution in [0.4, 0.5) is 0 Å². The molecule has 0 aromatic heterocycles. The number of hydrogen-bond acceptors (Lipinski definition) is 1. The molecule has 0 radical (unpaired) electrons. The Morgan fingerprint density at radius 1 is 1.04 bits per heavy atom. The molecule has 4 bridgehead atoms. The van der Waals surface area contributed by atoms with Crippen LogP contribution in [0.5, 0.6) is 0 Å². The highest BCUT2D eigenvalue weighted by atomic mass is 16.1. The predicted molar refractivity (Wildman–Crippen MR) is 97.7 cm³/mol. The number of carbonyl (C=O) groups excluding carboxylic acids is 1. The molecule has 1 N–H and O–H groups in total. The van der Waals surface area contributed by atoms with Gasteiger partial charge in [-0.25, -0.2) is 0 Å². The minimum Gasteiger partial charge on any atom is -0.353 e. The van der Waals surface area contributed by atoms with Gasteiger partial charge in [-0.1, -0.05) is 37.3 Å². The molecule has 0 unspecified atom stereocenters. The first kappa shape index (κ1) is 16.2. The Hall–Kier alpha value is -1.31. The second-order valence-corrected chi connectivity index (χ2v) is 9.08. The van der Waals surface area contributed by atoms with Gasteiger partial charge in [-0.3, -0.25) is 4.79 Å². The molecule has 4 aliphatic carbocycles. The highest BCUT2D eigenvalue weighted by Gasteiger charge is 2.53. The van der Waals surface area contributed by atoms with Gasteiger partial charge in [0, 0.05) is 12.5 Å². The van der Waals surface area contributed by atoms with Crippen LogP contribution < -0.4 is 5.32 Å². The Morgan fingerprint density at radius 3 is 2.12 bits per heavy atom. The molecule has 0 heterocycles. The highest BCUT2D eigenvalue weighted by molar-refractivity contribution is 5.77. The number of carbonyl (C=O) groups is 1. The van der Waals surface area contributed by atoms with Gasteiger partial charge in [0.25, 0.3) is 0 Å². The molecule has 2 atom stereocenters. The molecule has 2 heteroatoms. The number of nitrogens with one attached hydrogen (secondary N) is 1. The molecule has 0 aliphatic heterocycles. The van der Waals surface area contributed by atoms with E-state index in [-0.39, 0.29) is 11.8 Å². The third kappa shape index (κ3) is 3.00. The van der Waals surface area contributed by atoms with Gasteiger partial charge in [-0.15, -0.1) is 0 Å². The van der Waals surface area contributed by atoms with Crippen molar-refractivity contribution in [2.24, 2.45) is 23.2 Å². The molecular formula is C22H31NO. The van der Waals surface area contributed by atoms with Gasteiger partial charge in [-0.05, 0) is 80.1 Å². The molecule has 1 amide bonds. The van der Waals surface area contributed by atoms with Crippen LogP contribution in [0.25, 0.3) is 0 Å². The van der Waals surface area contributed by atoms with Crippen LogP contribution in [0.1, 0.15) is 70.3 Å². The van der Waals surface area contributed by atoms with Gasteiger partial charge < -0.3 is 5.32 Å². The van der Waals surface area contributed by atoms with Crippen molar-refractivity contribution in [2.45, 2.75) is 70.8 Å². The molecule has 0 saturated heterocycles. The fraction of sp³-hybridized carbons (Fsp3) is 0.682. The largest absolute Gasteiger partial charge is 0.353 e. The van der Waals surface area contributed by atoms with E-state index in [9.17, 15) is 4.79 Å². The zero-order valence-electron chi connectivity index (χ0n) is 15.1. The molecule has 130 valence electrons. The van der Waals surface area contributed by atoms with E-state index in [1.54, 1.807) is 0 Å². The molecular weight excluding hydrogens is 294 g/mol. The normalized spacial score (nSPS) is 36.3. The molecule has 4 saturated carbocycles. The zero-order chi connectivity index (χ0) is 16.7. The first-order valence-corrected chi connectivity index (χ1v) is 9.88. The van der Waals surface area contributed by atoms with Crippen LogP contribution in [0, 0.1) is 23.2 Å². The van der Waals surface area contributed by atoms with Crippen molar-refractivity contribution in [1.29, 1.82) is 0 Å². The summed E-state index contributed by atoms with van der Waals surface area (Å²) in [6.45, 7) is 4.43. The molecule has 4 aliphatic rings. The molecule has 5 rings (SSSR count). The Balaban J connectivity index is 1.37. The van der Waals surface area contributed by atoms with E-state index in [1.165, 1.54) is 44.1 Å². The Labute approximate surface area is 146 Å². The Bertz CT molecular complexity index is 558. The smallest absolute Gasteiger partial charge is 0.220 e. The quantitative estimate of drug-likeness (QED) is 0.819. The van der Waals surface area contributed by atoms with Crippen molar-refractivity contribution in [3.8, 4) is 0 Å². The standard InChI is InChI=1S/C22H31NO/c1-15(20-6-4-3-5-7-20)8-21(24)23-16(2)22-12-17-9-18(13-22)11-19(10-17)14-22/h3-7,15-19H,8-14H2,1-2H3,(H,23,24)/t15-,16+,17?,18?,19?,22?/m0/s1.